The molecule has 0 spiro atoms. The van der Waals surface area contributed by atoms with Gasteiger partial charge in [-0.25, -0.2) is 4.98 Å². The average molecular weight is 408 g/mol. The third-order valence-corrected chi connectivity index (χ3v) is 10.2. The highest BCUT2D eigenvalue weighted by molar-refractivity contribution is 6.74. The van der Waals surface area contributed by atoms with Gasteiger partial charge in [-0.05, 0) is 54.6 Å². The van der Waals surface area contributed by atoms with Crippen LogP contribution in [0.2, 0.25) is 23.4 Å². The summed E-state index contributed by atoms with van der Waals surface area (Å²) in [6.45, 7) is 11.3. The van der Waals surface area contributed by atoms with Crippen LogP contribution in [0.15, 0.2) is 40.9 Å². The Hall–Kier alpha value is -1.10. The van der Waals surface area contributed by atoms with Gasteiger partial charge in [-0.2, -0.15) is 0 Å². The first kappa shape index (κ1) is 22.2. The molecule has 1 aromatic carbocycles. The van der Waals surface area contributed by atoms with Gasteiger partial charge in [0.1, 0.15) is 6.10 Å². The SMILES string of the molecule is CC(C)(C)[Si](C)(C)OC(CCCCCCc1ccccc1)c1ncc(Cl)o1. The van der Waals surface area contributed by atoms with Crippen LogP contribution in [0.1, 0.15) is 70.4 Å². The van der Waals surface area contributed by atoms with Gasteiger partial charge in [0.15, 0.2) is 8.32 Å². The van der Waals surface area contributed by atoms with E-state index in [-0.39, 0.29) is 11.1 Å². The summed E-state index contributed by atoms with van der Waals surface area (Å²) in [6.07, 6.45) is 8.30. The summed E-state index contributed by atoms with van der Waals surface area (Å²) in [5.74, 6) is 0.620. The van der Waals surface area contributed by atoms with Crippen molar-refractivity contribution in [2.24, 2.45) is 0 Å². The number of aryl methyl sites for hydroxylation is 1. The summed E-state index contributed by atoms with van der Waals surface area (Å²) in [5.41, 5.74) is 1.42. The Morgan fingerprint density at radius 3 is 2.33 bits per heavy atom. The van der Waals surface area contributed by atoms with E-state index in [1.165, 1.54) is 24.8 Å². The van der Waals surface area contributed by atoms with Crippen LogP contribution in [0.3, 0.4) is 0 Å². The van der Waals surface area contributed by atoms with Crippen molar-refractivity contribution in [2.75, 3.05) is 0 Å². The summed E-state index contributed by atoms with van der Waals surface area (Å²) >= 11 is 5.95. The minimum Gasteiger partial charge on any atom is -0.427 e. The smallest absolute Gasteiger partial charge is 0.224 e. The number of rotatable bonds is 10. The molecule has 0 bridgehead atoms. The molecule has 0 aliphatic heterocycles. The molecular weight excluding hydrogens is 374 g/mol. The van der Waals surface area contributed by atoms with Crippen molar-refractivity contribution in [1.82, 2.24) is 4.98 Å². The Bertz CT molecular complexity index is 679. The molecule has 0 amide bonds. The molecule has 1 unspecified atom stereocenters. The van der Waals surface area contributed by atoms with Gasteiger partial charge in [0.2, 0.25) is 11.1 Å². The highest BCUT2D eigenvalue weighted by Gasteiger charge is 2.40. The molecule has 27 heavy (non-hydrogen) atoms. The maximum absolute atomic E-state index is 6.60. The minimum absolute atomic E-state index is 0.104. The van der Waals surface area contributed by atoms with Crippen LogP contribution in [-0.4, -0.2) is 13.3 Å². The third-order valence-electron chi connectivity index (χ3n) is 5.54. The van der Waals surface area contributed by atoms with Crippen LogP contribution in [0.5, 0.6) is 0 Å². The Kier molecular flexibility index (Phi) is 8.14. The lowest BCUT2D eigenvalue weighted by Crippen LogP contribution is -2.41. The zero-order valence-corrected chi connectivity index (χ0v) is 19.2. The van der Waals surface area contributed by atoms with E-state index in [4.69, 9.17) is 20.4 Å². The van der Waals surface area contributed by atoms with E-state index in [9.17, 15) is 0 Å². The molecule has 1 heterocycles. The van der Waals surface area contributed by atoms with E-state index in [0.717, 1.165) is 19.3 Å². The molecule has 0 saturated heterocycles. The number of oxazole rings is 1. The summed E-state index contributed by atoms with van der Waals surface area (Å²) in [5, 5.41) is 0.480. The molecule has 0 saturated carbocycles. The molecule has 0 radical (unpaired) electrons. The van der Waals surface area contributed by atoms with Gasteiger partial charge in [-0.1, -0.05) is 70.4 Å². The number of halogens is 1. The molecule has 150 valence electrons. The van der Waals surface area contributed by atoms with Crippen LogP contribution >= 0.6 is 11.6 Å². The summed E-state index contributed by atoms with van der Waals surface area (Å²) < 4.78 is 12.2. The molecule has 3 nitrogen and oxygen atoms in total. The quantitative estimate of drug-likeness (QED) is 0.300. The molecule has 0 N–H and O–H groups in total. The third kappa shape index (κ3) is 7.09. The van der Waals surface area contributed by atoms with Crippen molar-refractivity contribution >= 4 is 19.9 Å². The first-order valence-electron chi connectivity index (χ1n) is 10.0. The standard InChI is InChI=1S/C22H34ClNO2Si/c1-22(2,3)27(4,5)26-19(21-24-17-20(23)25-21)16-12-7-6-9-13-18-14-10-8-11-15-18/h8,10-11,14-15,17,19H,6-7,9,12-13,16H2,1-5H3. The van der Waals surface area contributed by atoms with E-state index in [1.54, 1.807) is 6.20 Å². The normalized spacial score (nSPS) is 13.7. The van der Waals surface area contributed by atoms with Crippen molar-refractivity contribution < 1.29 is 8.84 Å². The molecule has 1 aromatic heterocycles. The van der Waals surface area contributed by atoms with Crippen molar-refractivity contribution in [1.29, 1.82) is 0 Å². The van der Waals surface area contributed by atoms with Crippen LogP contribution in [0, 0.1) is 0 Å². The number of benzene rings is 1. The topological polar surface area (TPSA) is 35.3 Å². The number of hydrogen-bond donors (Lipinski definition) is 0. The minimum atomic E-state index is -1.90. The van der Waals surface area contributed by atoms with Crippen LogP contribution < -0.4 is 0 Å². The number of unbranched alkanes of at least 4 members (excludes halogenated alkanes) is 3. The molecule has 0 aliphatic rings. The van der Waals surface area contributed by atoms with E-state index in [1.807, 2.05) is 0 Å². The largest absolute Gasteiger partial charge is 0.427 e. The van der Waals surface area contributed by atoms with Crippen LogP contribution in [0.25, 0.3) is 0 Å². The number of aromatic nitrogens is 1. The Morgan fingerprint density at radius 1 is 1.07 bits per heavy atom. The monoisotopic (exact) mass is 407 g/mol. The predicted octanol–water partition coefficient (Wildman–Crippen LogP) is 7.58. The molecule has 2 aromatic rings. The Morgan fingerprint density at radius 2 is 1.74 bits per heavy atom. The van der Waals surface area contributed by atoms with E-state index >= 15 is 0 Å². The molecule has 1 atom stereocenters. The zero-order valence-electron chi connectivity index (χ0n) is 17.4. The van der Waals surface area contributed by atoms with Crippen LogP contribution in [-0.2, 0) is 10.8 Å². The van der Waals surface area contributed by atoms with Crippen LogP contribution in [0.4, 0.5) is 0 Å². The second kappa shape index (κ2) is 9.90. The fourth-order valence-electron chi connectivity index (χ4n) is 2.84. The second-order valence-corrected chi connectivity index (χ2v) is 13.9. The van der Waals surface area contributed by atoms with Crippen molar-refractivity contribution in [2.45, 2.75) is 83.5 Å². The number of nitrogens with zero attached hydrogens (tertiary/aromatic N) is 1. The van der Waals surface area contributed by atoms with Gasteiger partial charge in [-0.15, -0.1) is 0 Å². The lowest BCUT2D eigenvalue weighted by molar-refractivity contribution is 0.138. The van der Waals surface area contributed by atoms with Gasteiger partial charge < -0.3 is 8.84 Å². The lowest BCUT2D eigenvalue weighted by atomic mass is 10.0. The molecule has 0 aliphatic carbocycles. The van der Waals surface area contributed by atoms with Gasteiger partial charge in [0.25, 0.3) is 0 Å². The molecule has 0 fully saturated rings. The number of hydrogen-bond acceptors (Lipinski definition) is 3. The zero-order chi connectivity index (χ0) is 19.9. The van der Waals surface area contributed by atoms with Gasteiger partial charge in [0, 0.05) is 0 Å². The first-order chi connectivity index (χ1) is 12.7. The summed E-state index contributed by atoms with van der Waals surface area (Å²) in [6, 6.07) is 10.7. The maximum Gasteiger partial charge on any atom is 0.224 e. The first-order valence-corrected chi connectivity index (χ1v) is 13.3. The van der Waals surface area contributed by atoms with Crippen molar-refractivity contribution in [3.63, 3.8) is 0 Å². The van der Waals surface area contributed by atoms with E-state index in [2.05, 4.69) is 69.2 Å². The van der Waals surface area contributed by atoms with E-state index in [0.29, 0.717) is 11.1 Å². The Balaban J connectivity index is 1.83. The van der Waals surface area contributed by atoms with E-state index < -0.39 is 8.32 Å². The second-order valence-electron chi connectivity index (χ2n) is 8.81. The molecule has 2 rings (SSSR count). The Labute approximate surface area is 170 Å². The summed E-state index contributed by atoms with van der Waals surface area (Å²) in [7, 11) is -1.90. The fourth-order valence-corrected chi connectivity index (χ4v) is 4.25. The average Bonchev–Trinajstić information content (AvgIpc) is 3.03. The molecular formula is C22H34ClNO2Si. The van der Waals surface area contributed by atoms with Gasteiger partial charge in [0.05, 0.1) is 6.20 Å². The maximum atomic E-state index is 6.60. The fraction of sp³-hybridized carbons (Fsp3) is 0.591. The summed E-state index contributed by atoms with van der Waals surface area (Å²) in [4.78, 5) is 4.34. The predicted molar refractivity (Wildman–Crippen MR) is 116 cm³/mol. The van der Waals surface area contributed by atoms with Crippen molar-refractivity contribution in [3.8, 4) is 0 Å². The lowest BCUT2D eigenvalue weighted by Gasteiger charge is -2.38. The van der Waals surface area contributed by atoms with Gasteiger partial charge >= 0.3 is 0 Å². The highest BCUT2D eigenvalue weighted by Crippen LogP contribution is 2.41. The van der Waals surface area contributed by atoms with Crippen molar-refractivity contribution in [3.05, 3.63) is 53.2 Å². The molecule has 5 heteroatoms. The highest BCUT2D eigenvalue weighted by atomic mass is 35.5. The van der Waals surface area contributed by atoms with Gasteiger partial charge in [-0.3, -0.25) is 0 Å².